The first-order valence-electron chi connectivity index (χ1n) is 11.4. The molecule has 36 heavy (non-hydrogen) atoms. The number of aromatic nitrogens is 1. The summed E-state index contributed by atoms with van der Waals surface area (Å²) >= 11 is 0. The minimum absolute atomic E-state index is 0.0747. The molecule has 3 aromatic carbocycles. The highest BCUT2D eigenvalue weighted by atomic mass is 19.1. The second-order valence-corrected chi connectivity index (χ2v) is 8.40. The van der Waals surface area contributed by atoms with Gasteiger partial charge in [-0.2, -0.15) is 5.26 Å². The lowest BCUT2D eigenvalue weighted by molar-refractivity contribution is -0.121. The van der Waals surface area contributed by atoms with E-state index >= 15 is 0 Å². The van der Waals surface area contributed by atoms with Gasteiger partial charge in [0.05, 0.1) is 29.3 Å². The molecule has 0 atom stereocenters. The number of amides is 1. The summed E-state index contributed by atoms with van der Waals surface area (Å²) in [5, 5.41) is 9.58. The summed E-state index contributed by atoms with van der Waals surface area (Å²) in [6.07, 6.45) is 0.0747. The first-order valence-corrected chi connectivity index (χ1v) is 11.4. The first kappa shape index (κ1) is 24.6. The lowest BCUT2D eigenvalue weighted by Gasteiger charge is -2.21. The van der Waals surface area contributed by atoms with Crippen molar-refractivity contribution in [1.82, 2.24) is 4.98 Å². The predicted molar refractivity (Wildman–Crippen MR) is 136 cm³/mol. The number of para-hydroxylation sites is 1. The summed E-state index contributed by atoms with van der Waals surface area (Å²) in [7, 11) is 0. The monoisotopic (exact) mass is 481 g/mol. The third kappa shape index (κ3) is 5.39. The van der Waals surface area contributed by atoms with Crippen LogP contribution >= 0.6 is 0 Å². The summed E-state index contributed by atoms with van der Waals surface area (Å²) in [5.74, 6) is -1.62. The minimum Gasteiger partial charge on any atom is -0.452 e. The molecule has 4 rings (SSSR count). The van der Waals surface area contributed by atoms with E-state index in [1.165, 1.54) is 29.2 Å². The lowest BCUT2D eigenvalue weighted by Crippen LogP contribution is -2.35. The van der Waals surface area contributed by atoms with Gasteiger partial charge in [-0.05, 0) is 55.8 Å². The van der Waals surface area contributed by atoms with Gasteiger partial charge in [-0.15, -0.1) is 0 Å². The van der Waals surface area contributed by atoms with Crippen LogP contribution in [0.4, 0.5) is 10.1 Å². The smallest absolute Gasteiger partial charge is 0.339 e. The van der Waals surface area contributed by atoms with Crippen molar-refractivity contribution < 1.29 is 18.7 Å². The first-order chi connectivity index (χ1) is 17.4. The van der Waals surface area contributed by atoms with Crippen LogP contribution in [0.1, 0.15) is 27.9 Å². The van der Waals surface area contributed by atoms with E-state index < -0.39 is 24.3 Å². The van der Waals surface area contributed by atoms with Gasteiger partial charge in [0.15, 0.2) is 6.61 Å². The molecule has 0 fully saturated rings. The van der Waals surface area contributed by atoms with Gasteiger partial charge in [-0.3, -0.25) is 4.79 Å². The van der Waals surface area contributed by atoms with E-state index in [9.17, 15) is 14.0 Å². The molecular weight excluding hydrogens is 457 g/mol. The maximum absolute atomic E-state index is 13.3. The normalized spacial score (nSPS) is 10.6. The Labute approximate surface area is 208 Å². The van der Waals surface area contributed by atoms with Gasteiger partial charge in [0, 0.05) is 23.2 Å². The van der Waals surface area contributed by atoms with Gasteiger partial charge in [0.25, 0.3) is 5.91 Å². The van der Waals surface area contributed by atoms with Crippen molar-refractivity contribution in [2.45, 2.75) is 20.3 Å². The number of halogens is 1. The van der Waals surface area contributed by atoms with Crippen LogP contribution in [-0.4, -0.2) is 30.0 Å². The van der Waals surface area contributed by atoms with E-state index in [0.29, 0.717) is 27.8 Å². The molecule has 180 valence electrons. The molecule has 0 aliphatic heterocycles. The van der Waals surface area contributed by atoms with Crippen LogP contribution < -0.4 is 4.90 Å². The number of hydrogen-bond acceptors (Lipinski definition) is 5. The van der Waals surface area contributed by atoms with E-state index in [0.717, 1.165) is 16.7 Å². The number of hydrogen-bond donors (Lipinski definition) is 0. The zero-order chi connectivity index (χ0) is 25.7. The average molecular weight is 482 g/mol. The quantitative estimate of drug-likeness (QED) is 0.313. The van der Waals surface area contributed by atoms with Crippen LogP contribution in [0.2, 0.25) is 0 Å². The summed E-state index contributed by atoms with van der Waals surface area (Å²) < 4.78 is 18.8. The number of carbonyl (C=O) groups is 2. The number of pyridine rings is 1. The van der Waals surface area contributed by atoms with Crippen LogP contribution in [0.3, 0.4) is 0 Å². The van der Waals surface area contributed by atoms with E-state index in [-0.39, 0.29) is 13.0 Å². The van der Waals surface area contributed by atoms with E-state index in [1.54, 1.807) is 18.2 Å². The summed E-state index contributed by atoms with van der Waals surface area (Å²) in [6.45, 7) is 3.56. The molecule has 0 aliphatic carbocycles. The summed E-state index contributed by atoms with van der Waals surface area (Å²) in [5.41, 5.74) is 5.03. The molecule has 0 bridgehead atoms. The van der Waals surface area contributed by atoms with Crippen LogP contribution in [0.5, 0.6) is 0 Å². The number of esters is 1. The second-order valence-electron chi connectivity index (χ2n) is 8.40. The van der Waals surface area contributed by atoms with E-state index in [4.69, 9.17) is 15.0 Å². The molecule has 0 unspecified atom stereocenters. The van der Waals surface area contributed by atoms with Gasteiger partial charge >= 0.3 is 5.97 Å². The number of ether oxygens (including phenoxy) is 1. The maximum atomic E-state index is 13.3. The summed E-state index contributed by atoms with van der Waals surface area (Å²) in [6, 6.07) is 22.3. The fourth-order valence-corrected chi connectivity index (χ4v) is 4.05. The molecule has 0 N–H and O–H groups in total. The molecule has 0 radical (unpaired) electrons. The van der Waals surface area contributed by atoms with Gasteiger partial charge in [0.1, 0.15) is 5.82 Å². The highest BCUT2D eigenvalue weighted by Gasteiger charge is 2.21. The number of rotatable bonds is 7. The largest absolute Gasteiger partial charge is 0.452 e. The van der Waals surface area contributed by atoms with Crippen molar-refractivity contribution in [1.29, 1.82) is 5.26 Å². The Morgan fingerprint density at radius 3 is 2.50 bits per heavy atom. The number of carbonyl (C=O) groups excluding carboxylic acids is 2. The zero-order valence-electron chi connectivity index (χ0n) is 20.0. The van der Waals surface area contributed by atoms with E-state index in [2.05, 4.69) is 0 Å². The third-order valence-corrected chi connectivity index (χ3v) is 5.81. The molecule has 6 nitrogen and oxygen atoms in total. The van der Waals surface area contributed by atoms with Crippen LogP contribution in [0.25, 0.3) is 22.2 Å². The topological polar surface area (TPSA) is 83.3 Å². The molecular formula is C29H24FN3O3. The Morgan fingerprint density at radius 2 is 1.78 bits per heavy atom. The number of nitriles is 1. The Bertz CT molecular complexity index is 1480. The third-order valence-electron chi connectivity index (χ3n) is 5.81. The standard InChI is InChI=1S/C29H24FN3O3/c1-19-8-13-23(20(2)16-19)27-17-25(24-6-3-4-7-26(24)32-27)29(35)36-18-28(34)33(15-5-14-31)22-11-9-21(30)10-12-22/h3-4,6-13,16-17H,5,15,18H2,1-2H3. The van der Waals surface area contributed by atoms with Crippen molar-refractivity contribution in [2.24, 2.45) is 0 Å². The number of fused-ring (bicyclic) bond motifs is 1. The Balaban J connectivity index is 1.61. The fourth-order valence-electron chi connectivity index (χ4n) is 4.05. The molecule has 7 heteroatoms. The van der Waals surface area contributed by atoms with Gasteiger partial charge in [-0.1, -0.05) is 42.0 Å². The molecule has 0 saturated heterocycles. The van der Waals surface area contributed by atoms with Crippen molar-refractivity contribution in [2.75, 3.05) is 18.1 Å². The summed E-state index contributed by atoms with van der Waals surface area (Å²) in [4.78, 5) is 32.2. The van der Waals surface area contributed by atoms with E-state index in [1.807, 2.05) is 50.2 Å². The lowest BCUT2D eigenvalue weighted by atomic mass is 9.99. The molecule has 0 saturated carbocycles. The van der Waals surface area contributed by atoms with Gasteiger partial charge in [-0.25, -0.2) is 14.2 Å². The Hall–Kier alpha value is -4.57. The number of aryl methyl sites for hydroxylation is 2. The van der Waals surface area contributed by atoms with Crippen molar-refractivity contribution in [3.8, 4) is 17.3 Å². The molecule has 4 aromatic rings. The van der Waals surface area contributed by atoms with Crippen LogP contribution in [-0.2, 0) is 9.53 Å². The van der Waals surface area contributed by atoms with Gasteiger partial charge in [0.2, 0.25) is 0 Å². The Kier molecular flexibility index (Phi) is 7.36. The average Bonchev–Trinajstić information content (AvgIpc) is 2.87. The van der Waals surface area contributed by atoms with Crippen molar-refractivity contribution in [3.05, 3.63) is 95.3 Å². The van der Waals surface area contributed by atoms with Gasteiger partial charge < -0.3 is 9.64 Å². The molecule has 1 heterocycles. The molecule has 0 spiro atoms. The van der Waals surface area contributed by atoms with Crippen molar-refractivity contribution in [3.63, 3.8) is 0 Å². The molecule has 1 amide bonds. The van der Waals surface area contributed by atoms with Crippen molar-refractivity contribution >= 4 is 28.5 Å². The highest BCUT2D eigenvalue weighted by molar-refractivity contribution is 6.05. The molecule has 0 aliphatic rings. The molecule has 1 aromatic heterocycles. The zero-order valence-corrected chi connectivity index (χ0v) is 20.0. The highest BCUT2D eigenvalue weighted by Crippen LogP contribution is 2.28. The predicted octanol–water partition coefficient (Wildman–Crippen LogP) is 5.76. The minimum atomic E-state index is -0.660. The van der Waals surface area contributed by atoms with Crippen LogP contribution in [0, 0.1) is 31.0 Å². The maximum Gasteiger partial charge on any atom is 0.339 e. The second kappa shape index (κ2) is 10.8. The number of anilines is 1. The number of benzene rings is 3. The Morgan fingerprint density at radius 1 is 1.03 bits per heavy atom. The number of nitrogens with zero attached hydrogens (tertiary/aromatic N) is 3. The van der Waals surface area contributed by atoms with Crippen LogP contribution in [0.15, 0.2) is 72.8 Å². The SMILES string of the molecule is Cc1ccc(-c2cc(C(=O)OCC(=O)N(CCC#N)c3ccc(F)cc3)c3ccccc3n2)c(C)c1. The fraction of sp³-hybridized carbons (Fsp3) is 0.172.